The molecule has 0 radical (unpaired) electrons. The lowest BCUT2D eigenvalue weighted by molar-refractivity contribution is 0.308. The molecule has 1 saturated carbocycles. The summed E-state index contributed by atoms with van der Waals surface area (Å²) in [6.45, 7) is 2.97. The van der Waals surface area contributed by atoms with Gasteiger partial charge in [0, 0.05) is 12.6 Å². The Hall–Kier alpha value is -1.49. The van der Waals surface area contributed by atoms with E-state index in [1.807, 2.05) is 18.2 Å². The number of methoxy groups -OCH3 is 2. The van der Waals surface area contributed by atoms with Crippen molar-refractivity contribution in [2.24, 2.45) is 5.92 Å². The fourth-order valence-corrected chi connectivity index (χ4v) is 3.15. The van der Waals surface area contributed by atoms with Gasteiger partial charge in [0.05, 0.1) is 14.2 Å². The first-order chi connectivity index (χ1) is 10.6. The minimum absolute atomic E-state index is 0.499. The van der Waals surface area contributed by atoms with Gasteiger partial charge in [0.2, 0.25) is 0 Å². The Bertz CT molecular complexity index is 507. The lowest BCUT2D eigenvalue weighted by Gasteiger charge is -2.30. The van der Waals surface area contributed by atoms with Crippen molar-refractivity contribution in [2.75, 3.05) is 14.2 Å². The summed E-state index contributed by atoms with van der Waals surface area (Å²) < 4.78 is 10.6. The molecule has 0 spiro atoms. The van der Waals surface area contributed by atoms with E-state index in [4.69, 9.17) is 21.7 Å². The molecule has 22 heavy (non-hydrogen) atoms. The third kappa shape index (κ3) is 4.50. The van der Waals surface area contributed by atoms with Crippen LogP contribution in [0.15, 0.2) is 18.2 Å². The van der Waals surface area contributed by atoms with Gasteiger partial charge in [-0.05, 0) is 48.7 Å². The van der Waals surface area contributed by atoms with E-state index in [0.29, 0.717) is 18.5 Å². The van der Waals surface area contributed by atoms with Crippen LogP contribution in [0.1, 0.15) is 38.2 Å². The molecule has 4 nitrogen and oxygen atoms in total. The van der Waals surface area contributed by atoms with E-state index < -0.39 is 0 Å². The molecule has 1 aromatic carbocycles. The van der Waals surface area contributed by atoms with Crippen LogP contribution in [0, 0.1) is 5.92 Å². The third-order valence-electron chi connectivity index (χ3n) is 4.33. The number of nitrogens with one attached hydrogen (secondary N) is 2. The fourth-order valence-electron chi connectivity index (χ4n) is 2.92. The van der Waals surface area contributed by atoms with Gasteiger partial charge in [0.25, 0.3) is 0 Å². The molecule has 1 aliphatic carbocycles. The predicted molar refractivity (Wildman–Crippen MR) is 93.5 cm³/mol. The second kappa shape index (κ2) is 8.22. The van der Waals surface area contributed by atoms with E-state index in [2.05, 4.69) is 17.6 Å². The monoisotopic (exact) mass is 322 g/mol. The van der Waals surface area contributed by atoms with Crippen LogP contribution in [0.4, 0.5) is 0 Å². The highest BCUT2D eigenvalue weighted by Gasteiger charge is 2.21. The first kappa shape index (κ1) is 16.9. The Morgan fingerprint density at radius 3 is 2.59 bits per heavy atom. The van der Waals surface area contributed by atoms with Crippen LogP contribution in [-0.2, 0) is 6.54 Å². The van der Waals surface area contributed by atoms with Gasteiger partial charge in [-0.3, -0.25) is 0 Å². The average molecular weight is 322 g/mol. The molecule has 0 bridgehead atoms. The molecule has 0 unspecified atom stereocenters. The van der Waals surface area contributed by atoms with Gasteiger partial charge >= 0.3 is 0 Å². The molecule has 1 aromatic rings. The SMILES string of the molecule is COc1ccc(CNC(=S)N[C@@H]2CCCC[C@@H]2C)cc1OC. The van der Waals surface area contributed by atoms with Crippen LogP contribution in [0.5, 0.6) is 11.5 Å². The summed E-state index contributed by atoms with van der Waals surface area (Å²) in [5, 5.41) is 7.46. The summed E-state index contributed by atoms with van der Waals surface area (Å²) in [5.41, 5.74) is 1.11. The molecule has 0 amide bonds. The first-order valence-corrected chi connectivity index (χ1v) is 8.30. The van der Waals surface area contributed by atoms with Gasteiger partial charge in [-0.25, -0.2) is 0 Å². The fraction of sp³-hybridized carbons (Fsp3) is 0.588. The second-order valence-corrected chi connectivity index (χ2v) is 6.29. The van der Waals surface area contributed by atoms with Gasteiger partial charge < -0.3 is 20.1 Å². The zero-order chi connectivity index (χ0) is 15.9. The van der Waals surface area contributed by atoms with E-state index in [-0.39, 0.29) is 0 Å². The van der Waals surface area contributed by atoms with Crippen molar-refractivity contribution in [3.8, 4) is 11.5 Å². The summed E-state index contributed by atoms with van der Waals surface area (Å²) in [6.07, 6.45) is 5.13. The zero-order valence-electron chi connectivity index (χ0n) is 13.6. The second-order valence-electron chi connectivity index (χ2n) is 5.88. The molecule has 0 heterocycles. The summed E-state index contributed by atoms with van der Waals surface area (Å²) in [4.78, 5) is 0. The number of hydrogen-bond donors (Lipinski definition) is 2. The molecule has 2 atom stereocenters. The Kier molecular flexibility index (Phi) is 6.31. The van der Waals surface area contributed by atoms with E-state index in [1.165, 1.54) is 25.7 Å². The maximum absolute atomic E-state index is 5.42. The zero-order valence-corrected chi connectivity index (χ0v) is 14.5. The van der Waals surface area contributed by atoms with Crippen LogP contribution in [0.2, 0.25) is 0 Å². The number of ether oxygens (including phenoxy) is 2. The normalized spacial score (nSPS) is 21.0. The summed E-state index contributed by atoms with van der Waals surface area (Å²) in [5.74, 6) is 2.17. The smallest absolute Gasteiger partial charge is 0.166 e. The highest BCUT2D eigenvalue weighted by atomic mass is 32.1. The molecule has 0 saturated heterocycles. The Morgan fingerprint density at radius 2 is 1.91 bits per heavy atom. The lowest BCUT2D eigenvalue weighted by atomic mass is 9.86. The van der Waals surface area contributed by atoms with E-state index >= 15 is 0 Å². The highest BCUT2D eigenvalue weighted by molar-refractivity contribution is 7.80. The molecule has 2 rings (SSSR count). The molecular formula is C17H26N2O2S. The van der Waals surface area contributed by atoms with Crippen molar-refractivity contribution >= 4 is 17.3 Å². The number of thiocarbonyl (C=S) groups is 1. The van der Waals surface area contributed by atoms with Crippen molar-refractivity contribution in [3.63, 3.8) is 0 Å². The Labute approximate surface area is 138 Å². The quantitative estimate of drug-likeness (QED) is 0.815. The van der Waals surface area contributed by atoms with E-state index in [0.717, 1.165) is 22.2 Å². The topological polar surface area (TPSA) is 42.5 Å². The van der Waals surface area contributed by atoms with Crippen molar-refractivity contribution < 1.29 is 9.47 Å². The Balaban J connectivity index is 1.85. The van der Waals surface area contributed by atoms with Gasteiger partial charge in [-0.15, -0.1) is 0 Å². The molecule has 122 valence electrons. The minimum atomic E-state index is 0.499. The van der Waals surface area contributed by atoms with Crippen LogP contribution in [0.25, 0.3) is 0 Å². The molecule has 2 N–H and O–H groups in total. The molecular weight excluding hydrogens is 296 g/mol. The third-order valence-corrected chi connectivity index (χ3v) is 4.59. The summed E-state index contributed by atoms with van der Waals surface area (Å²) in [7, 11) is 3.28. The summed E-state index contributed by atoms with van der Waals surface area (Å²) in [6, 6.07) is 6.40. The largest absolute Gasteiger partial charge is 0.493 e. The number of benzene rings is 1. The van der Waals surface area contributed by atoms with Crippen molar-refractivity contribution in [2.45, 2.75) is 45.2 Å². The van der Waals surface area contributed by atoms with Crippen molar-refractivity contribution in [1.29, 1.82) is 0 Å². The van der Waals surface area contributed by atoms with E-state index in [9.17, 15) is 0 Å². The van der Waals surface area contributed by atoms with Crippen LogP contribution >= 0.6 is 12.2 Å². The average Bonchev–Trinajstić information content (AvgIpc) is 2.54. The maximum Gasteiger partial charge on any atom is 0.166 e. The van der Waals surface area contributed by atoms with Gasteiger partial charge in [0.1, 0.15) is 0 Å². The van der Waals surface area contributed by atoms with Crippen LogP contribution in [0.3, 0.4) is 0 Å². The standard InChI is InChI=1S/C17H26N2O2S/c1-12-6-4-5-7-14(12)19-17(22)18-11-13-8-9-15(20-2)16(10-13)21-3/h8-10,12,14H,4-7,11H2,1-3H3,(H2,18,19,22)/t12-,14+/m0/s1. The van der Waals surface area contributed by atoms with Gasteiger partial charge in [-0.2, -0.15) is 0 Å². The number of rotatable bonds is 5. The molecule has 0 aliphatic heterocycles. The first-order valence-electron chi connectivity index (χ1n) is 7.89. The van der Waals surface area contributed by atoms with Gasteiger partial charge in [0.15, 0.2) is 16.6 Å². The maximum atomic E-state index is 5.42. The van der Waals surface area contributed by atoms with Crippen molar-refractivity contribution in [3.05, 3.63) is 23.8 Å². The predicted octanol–water partition coefficient (Wildman–Crippen LogP) is 3.25. The minimum Gasteiger partial charge on any atom is -0.493 e. The lowest BCUT2D eigenvalue weighted by Crippen LogP contribution is -2.45. The van der Waals surface area contributed by atoms with Crippen LogP contribution < -0.4 is 20.1 Å². The van der Waals surface area contributed by atoms with Gasteiger partial charge in [-0.1, -0.05) is 25.8 Å². The Morgan fingerprint density at radius 1 is 1.18 bits per heavy atom. The molecule has 0 aromatic heterocycles. The molecule has 5 heteroatoms. The highest BCUT2D eigenvalue weighted by Crippen LogP contribution is 2.27. The molecule has 1 fully saturated rings. The van der Waals surface area contributed by atoms with Crippen molar-refractivity contribution in [1.82, 2.24) is 10.6 Å². The summed E-state index contributed by atoms with van der Waals surface area (Å²) >= 11 is 5.42. The molecule has 1 aliphatic rings. The van der Waals surface area contributed by atoms with Crippen LogP contribution in [-0.4, -0.2) is 25.4 Å². The van der Waals surface area contributed by atoms with E-state index in [1.54, 1.807) is 14.2 Å². The number of hydrogen-bond acceptors (Lipinski definition) is 3.